The van der Waals surface area contributed by atoms with Gasteiger partial charge in [-0.25, -0.2) is 0 Å². The molecule has 0 saturated heterocycles. The van der Waals surface area contributed by atoms with Crippen LogP contribution < -0.4 is 0 Å². The van der Waals surface area contributed by atoms with Gasteiger partial charge in [0.25, 0.3) is 0 Å². The Balaban J connectivity index is 4.47. The molecule has 67 heavy (non-hydrogen) atoms. The van der Waals surface area contributed by atoms with E-state index in [0.29, 0.717) is 19.3 Å². The first kappa shape index (κ1) is 63.6. The van der Waals surface area contributed by atoms with E-state index >= 15 is 0 Å². The van der Waals surface area contributed by atoms with Gasteiger partial charge in [-0.1, -0.05) is 254 Å². The first-order valence-electron chi connectivity index (χ1n) is 28.1. The summed E-state index contributed by atoms with van der Waals surface area (Å²) in [5, 5.41) is 0. The highest BCUT2D eigenvalue weighted by Gasteiger charge is 2.19. The number of hydrogen-bond donors (Lipinski definition) is 0. The SMILES string of the molecule is CC/C=C\C/C=C\C/C=C\C/C=C\C/C=C\CCC(=O)OC(COC(=O)CCCCCCCC/C=C\C=C/CCCCC)COC(=O)CCCCCCCCCCCCCCCCCCCC. The summed E-state index contributed by atoms with van der Waals surface area (Å²) in [6.07, 6.45) is 71.5. The zero-order valence-corrected chi connectivity index (χ0v) is 43.9. The summed E-state index contributed by atoms with van der Waals surface area (Å²) in [6, 6.07) is 0. The van der Waals surface area contributed by atoms with E-state index in [1.165, 1.54) is 135 Å². The average Bonchev–Trinajstić information content (AvgIpc) is 3.33. The van der Waals surface area contributed by atoms with Crippen molar-refractivity contribution in [1.29, 1.82) is 0 Å². The van der Waals surface area contributed by atoms with Crippen molar-refractivity contribution in [2.45, 2.75) is 271 Å². The van der Waals surface area contributed by atoms with E-state index in [1.807, 2.05) is 12.2 Å². The molecule has 0 aromatic heterocycles. The van der Waals surface area contributed by atoms with Crippen molar-refractivity contribution in [3.05, 3.63) is 85.1 Å². The summed E-state index contributed by atoms with van der Waals surface area (Å²) >= 11 is 0. The van der Waals surface area contributed by atoms with E-state index in [9.17, 15) is 14.4 Å². The second-order valence-corrected chi connectivity index (χ2v) is 18.5. The van der Waals surface area contributed by atoms with Crippen molar-refractivity contribution < 1.29 is 28.6 Å². The van der Waals surface area contributed by atoms with Gasteiger partial charge in [0.1, 0.15) is 13.2 Å². The number of ether oxygens (including phenoxy) is 3. The van der Waals surface area contributed by atoms with Gasteiger partial charge in [0.15, 0.2) is 6.10 Å². The Hall–Kier alpha value is -3.41. The summed E-state index contributed by atoms with van der Waals surface area (Å²) in [7, 11) is 0. The maximum Gasteiger partial charge on any atom is 0.306 e. The lowest BCUT2D eigenvalue weighted by Gasteiger charge is -2.18. The summed E-state index contributed by atoms with van der Waals surface area (Å²) in [6.45, 7) is 6.44. The molecule has 0 aliphatic carbocycles. The molecule has 0 rings (SSSR count). The number of allylic oxidation sites excluding steroid dienone is 14. The Labute approximate surface area is 414 Å². The van der Waals surface area contributed by atoms with Crippen molar-refractivity contribution >= 4 is 17.9 Å². The maximum absolute atomic E-state index is 12.8. The normalized spacial score (nSPS) is 12.7. The minimum absolute atomic E-state index is 0.108. The van der Waals surface area contributed by atoms with Gasteiger partial charge in [-0.3, -0.25) is 14.4 Å². The highest BCUT2D eigenvalue weighted by Crippen LogP contribution is 2.16. The van der Waals surface area contributed by atoms with Crippen LogP contribution in [0.5, 0.6) is 0 Å². The number of carbonyl (C=O) groups excluding carboxylic acids is 3. The molecule has 384 valence electrons. The summed E-state index contributed by atoms with van der Waals surface area (Å²) in [5.74, 6) is -0.998. The van der Waals surface area contributed by atoms with E-state index in [-0.39, 0.29) is 31.6 Å². The molecule has 0 aromatic carbocycles. The van der Waals surface area contributed by atoms with Crippen LogP contribution in [0.15, 0.2) is 85.1 Å². The molecule has 1 unspecified atom stereocenters. The lowest BCUT2D eigenvalue weighted by molar-refractivity contribution is -0.166. The number of carbonyl (C=O) groups is 3. The molecule has 0 aliphatic heterocycles. The molecule has 0 radical (unpaired) electrons. The van der Waals surface area contributed by atoms with Crippen LogP contribution in [0.2, 0.25) is 0 Å². The van der Waals surface area contributed by atoms with Crippen molar-refractivity contribution in [1.82, 2.24) is 0 Å². The predicted octanol–water partition coefficient (Wildman–Crippen LogP) is 18.8. The third-order valence-electron chi connectivity index (χ3n) is 11.9. The third kappa shape index (κ3) is 53.4. The van der Waals surface area contributed by atoms with Crippen LogP contribution in [0.4, 0.5) is 0 Å². The van der Waals surface area contributed by atoms with Gasteiger partial charge in [0, 0.05) is 19.3 Å². The molecule has 0 saturated carbocycles. The van der Waals surface area contributed by atoms with E-state index in [1.54, 1.807) is 0 Å². The lowest BCUT2D eigenvalue weighted by Crippen LogP contribution is -2.30. The monoisotopic (exact) mass is 933 g/mol. The largest absolute Gasteiger partial charge is 0.462 e. The topological polar surface area (TPSA) is 78.9 Å². The second kappa shape index (κ2) is 55.2. The van der Waals surface area contributed by atoms with Gasteiger partial charge >= 0.3 is 17.9 Å². The van der Waals surface area contributed by atoms with Crippen LogP contribution >= 0.6 is 0 Å². The first-order chi connectivity index (χ1) is 33.0. The van der Waals surface area contributed by atoms with Crippen LogP contribution in [-0.4, -0.2) is 37.2 Å². The van der Waals surface area contributed by atoms with Crippen LogP contribution in [0, 0.1) is 0 Å². The minimum Gasteiger partial charge on any atom is -0.462 e. The fourth-order valence-electron chi connectivity index (χ4n) is 7.72. The average molecular weight is 933 g/mol. The Morgan fingerprint density at radius 2 is 0.657 bits per heavy atom. The first-order valence-corrected chi connectivity index (χ1v) is 28.1. The Bertz CT molecular complexity index is 1300. The van der Waals surface area contributed by atoms with Gasteiger partial charge < -0.3 is 14.2 Å². The predicted molar refractivity (Wildman–Crippen MR) is 288 cm³/mol. The zero-order chi connectivity index (χ0) is 48.6. The molecule has 0 spiro atoms. The van der Waals surface area contributed by atoms with Gasteiger partial charge in [-0.2, -0.15) is 0 Å². The van der Waals surface area contributed by atoms with Gasteiger partial charge in [0.2, 0.25) is 0 Å². The number of hydrogen-bond acceptors (Lipinski definition) is 6. The van der Waals surface area contributed by atoms with Crippen molar-refractivity contribution in [3.63, 3.8) is 0 Å². The van der Waals surface area contributed by atoms with Gasteiger partial charge in [-0.05, 0) is 77.0 Å². The summed E-state index contributed by atoms with van der Waals surface area (Å²) in [5.41, 5.74) is 0. The molecule has 0 N–H and O–H groups in total. The molecular weight excluding hydrogens is 829 g/mol. The van der Waals surface area contributed by atoms with Gasteiger partial charge in [0.05, 0.1) is 0 Å². The van der Waals surface area contributed by atoms with E-state index in [0.717, 1.165) is 83.5 Å². The molecule has 0 amide bonds. The lowest BCUT2D eigenvalue weighted by atomic mass is 10.0. The summed E-state index contributed by atoms with van der Waals surface area (Å²) in [4.78, 5) is 38.1. The molecule has 0 fully saturated rings. The highest BCUT2D eigenvalue weighted by atomic mass is 16.6. The molecular formula is C61H104O6. The van der Waals surface area contributed by atoms with E-state index < -0.39 is 12.1 Å². The standard InChI is InChI=1S/C61H104O6/c1-4-7-10-13-16-19-22-25-28-30-31-34-36-39-42-45-48-51-54-60(63)66-57-58(56-65-59(62)53-50-47-44-41-38-35-32-27-24-21-18-15-12-9-6-3)67-61(64)55-52-49-46-43-40-37-33-29-26-23-20-17-14-11-8-5-2/h8,11,17-18,20-21,24,26-27,29,37,40,46,49,58H,4-7,9-10,12-16,19,22-23,25,28,30-36,38-39,41-45,47-48,50-57H2,1-3H3/b11-8-,20-17-,21-18-,27-24-,29-26-,40-37-,49-46-. The van der Waals surface area contributed by atoms with Gasteiger partial charge in [-0.15, -0.1) is 0 Å². The Morgan fingerprint density at radius 1 is 0.328 bits per heavy atom. The zero-order valence-electron chi connectivity index (χ0n) is 43.9. The minimum atomic E-state index is -0.820. The summed E-state index contributed by atoms with van der Waals surface area (Å²) < 4.78 is 16.8. The smallest absolute Gasteiger partial charge is 0.306 e. The molecule has 6 nitrogen and oxygen atoms in total. The molecule has 6 heteroatoms. The second-order valence-electron chi connectivity index (χ2n) is 18.5. The Morgan fingerprint density at radius 3 is 1.06 bits per heavy atom. The molecule has 0 heterocycles. The van der Waals surface area contributed by atoms with Crippen LogP contribution in [0.3, 0.4) is 0 Å². The fourth-order valence-corrected chi connectivity index (χ4v) is 7.72. The number of esters is 3. The van der Waals surface area contributed by atoms with E-state index in [2.05, 4.69) is 93.7 Å². The van der Waals surface area contributed by atoms with Crippen LogP contribution in [-0.2, 0) is 28.6 Å². The van der Waals surface area contributed by atoms with Crippen molar-refractivity contribution in [2.24, 2.45) is 0 Å². The number of rotatable bonds is 50. The molecule has 0 aliphatic rings. The van der Waals surface area contributed by atoms with Crippen LogP contribution in [0.1, 0.15) is 265 Å². The Kier molecular flexibility index (Phi) is 52.4. The highest BCUT2D eigenvalue weighted by molar-refractivity contribution is 5.71. The quantitative estimate of drug-likeness (QED) is 0.0199. The fraction of sp³-hybridized carbons (Fsp3) is 0.721. The molecule has 0 aromatic rings. The number of unbranched alkanes of at least 4 members (excludes halogenated alkanes) is 26. The molecule has 1 atom stereocenters. The van der Waals surface area contributed by atoms with E-state index in [4.69, 9.17) is 14.2 Å². The third-order valence-corrected chi connectivity index (χ3v) is 11.9. The van der Waals surface area contributed by atoms with Crippen molar-refractivity contribution in [3.8, 4) is 0 Å². The maximum atomic E-state index is 12.8. The van der Waals surface area contributed by atoms with Crippen LogP contribution in [0.25, 0.3) is 0 Å². The van der Waals surface area contributed by atoms with Crippen molar-refractivity contribution in [2.75, 3.05) is 13.2 Å². The molecule has 0 bridgehead atoms.